The second-order valence-electron chi connectivity index (χ2n) is 6.81. The van der Waals surface area contributed by atoms with Crippen LogP contribution in [-0.4, -0.2) is 28.0 Å². The van der Waals surface area contributed by atoms with Crippen molar-refractivity contribution in [2.24, 2.45) is 0 Å². The molecule has 5 aromatic rings. The summed E-state index contributed by atoms with van der Waals surface area (Å²) >= 11 is 4.65. The van der Waals surface area contributed by atoms with E-state index in [0.717, 1.165) is 40.8 Å². The fourth-order valence-electron chi connectivity index (χ4n) is 3.39. The third-order valence-electron chi connectivity index (χ3n) is 4.82. The summed E-state index contributed by atoms with van der Waals surface area (Å²) in [6.07, 6.45) is 1.73. The van der Waals surface area contributed by atoms with Crippen molar-refractivity contribution in [3.63, 3.8) is 0 Å². The van der Waals surface area contributed by atoms with Crippen LogP contribution in [0.1, 0.15) is 20.9 Å². The van der Waals surface area contributed by atoms with Gasteiger partial charge in [-0.15, -0.1) is 34.0 Å². The van der Waals surface area contributed by atoms with Gasteiger partial charge in [0, 0.05) is 39.7 Å². The molecular formula is C22H17N3O3S3. The summed E-state index contributed by atoms with van der Waals surface area (Å²) in [4.78, 5) is 23.1. The van der Waals surface area contributed by atoms with Gasteiger partial charge < -0.3 is 15.2 Å². The van der Waals surface area contributed by atoms with Crippen LogP contribution in [0.15, 0.2) is 41.9 Å². The van der Waals surface area contributed by atoms with Crippen LogP contribution in [0, 0.1) is 6.92 Å². The van der Waals surface area contributed by atoms with Gasteiger partial charge in [-0.2, -0.15) is 0 Å². The number of nitrogens with zero attached hydrogens (tertiary/aromatic N) is 2. The van der Waals surface area contributed by atoms with E-state index in [1.54, 1.807) is 35.9 Å². The van der Waals surface area contributed by atoms with Gasteiger partial charge in [-0.3, -0.25) is 9.78 Å². The first-order chi connectivity index (χ1) is 15.1. The minimum atomic E-state index is -0.0779. The number of nitrogens with one attached hydrogen (secondary N) is 1. The Kier molecular flexibility index (Phi) is 5.19. The number of aliphatic hydroxyl groups excluding tert-OH is 1. The minimum absolute atomic E-state index is 0.0691. The SMILES string of the molecule is CNC(=O)c1c(C)sc2cc(Oc3ccnc4cc(-c5nc(CO)cs5)sc34)ccc12. The zero-order chi connectivity index (χ0) is 21.5. The number of ether oxygens (including phenoxy) is 1. The Bertz CT molecular complexity index is 1430. The van der Waals surface area contributed by atoms with Crippen LogP contribution in [0.25, 0.3) is 30.2 Å². The topological polar surface area (TPSA) is 84.3 Å². The average molecular weight is 468 g/mol. The number of pyridine rings is 1. The molecule has 1 aromatic carbocycles. The smallest absolute Gasteiger partial charge is 0.252 e. The number of benzene rings is 1. The molecule has 0 aliphatic heterocycles. The highest BCUT2D eigenvalue weighted by atomic mass is 32.1. The maximum Gasteiger partial charge on any atom is 0.252 e. The van der Waals surface area contributed by atoms with E-state index in [1.165, 1.54) is 11.3 Å². The van der Waals surface area contributed by atoms with Gasteiger partial charge in [0.1, 0.15) is 16.5 Å². The second-order valence-corrected chi connectivity index (χ2v) is 9.98. The van der Waals surface area contributed by atoms with Gasteiger partial charge >= 0.3 is 0 Å². The summed E-state index contributed by atoms with van der Waals surface area (Å²) in [6, 6.07) is 9.63. The van der Waals surface area contributed by atoms with Gasteiger partial charge in [0.05, 0.1) is 33.0 Å². The Hall–Kier alpha value is -2.85. The molecule has 0 fully saturated rings. The number of thiazole rings is 1. The lowest BCUT2D eigenvalue weighted by Crippen LogP contribution is -2.18. The van der Waals surface area contributed by atoms with Gasteiger partial charge in [-0.25, -0.2) is 4.98 Å². The molecule has 0 saturated heterocycles. The fourth-order valence-corrected chi connectivity index (χ4v) is 6.42. The van der Waals surface area contributed by atoms with Crippen LogP contribution in [0.3, 0.4) is 0 Å². The van der Waals surface area contributed by atoms with E-state index < -0.39 is 0 Å². The molecule has 0 spiro atoms. The normalized spacial score (nSPS) is 11.3. The van der Waals surface area contributed by atoms with Crippen molar-refractivity contribution in [1.82, 2.24) is 15.3 Å². The largest absolute Gasteiger partial charge is 0.456 e. The van der Waals surface area contributed by atoms with Crippen LogP contribution >= 0.6 is 34.0 Å². The molecule has 9 heteroatoms. The second kappa shape index (κ2) is 8.01. The lowest BCUT2D eigenvalue weighted by molar-refractivity contribution is 0.0964. The first-order valence-corrected chi connectivity index (χ1v) is 12.0. The number of hydrogen-bond donors (Lipinski definition) is 2. The number of carbonyl (C=O) groups excluding carboxylic acids is 1. The maximum absolute atomic E-state index is 12.2. The first kappa shape index (κ1) is 20.1. The number of rotatable bonds is 5. The van der Waals surface area contributed by atoms with E-state index >= 15 is 0 Å². The number of fused-ring (bicyclic) bond motifs is 2. The summed E-state index contributed by atoms with van der Waals surface area (Å²) in [5, 5.41) is 15.6. The van der Waals surface area contributed by atoms with E-state index in [0.29, 0.717) is 17.0 Å². The zero-order valence-electron chi connectivity index (χ0n) is 16.6. The Morgan fingerprint density at radius 3 is 2.87 bits per heavy atom. The predicted molar refractivity (Wildman–Crippen MR) is 127 cm³/mol. The summed E-state index contributed by atoms with van der Waals surface area (Å²) < 4.78 is 8.17. The lowest BCUT2D eigenvalue weighted by Gasteiger charge is -2.07. The van der Waals surface area contributed by atoms with Crippen molar-refractivity contribution >= 4 is 60.2 Å². The molecule has 156 valence electrons. The van der Waals surface area contributed by atoms with E-state index in [-0.39, 0.29) is 12.5 Å². The third-order valence-corrected chi connectivity index (χ3v) is 8.09. The van der Waals surface area contributed by atoms with E-state index in [9.17, 15) is 9.90 Å². The number of aliphatic hydroxyl groups is 1. The number of hydrogen-bond acceptors (Lipinski definition) is 8. The van der Waals surface area contributed by atoms with E-state index in [4.69, 9.17) is 4.74 Å². The molecule has 0 bridgehead atoms. The Labute approximate surface area is 189 Å². The van der Waals surface area contributed by atoms with Crippen molar-refractivity contribution in [2.45, 2.75) is 13.5 Å². The monoisotopic (exact) mass is 467 g/mol. The van der Waals surface area contributed by atoms with Gasteiger partial charge in [-0.1, -0.05) is 0 Å². The highest BCUT2D eigenvalue weighted by Crippen LogP contribution is 2.41. The Morgan fingerprint density at radius 2 is 2.10 bits per heavy atom. The Balaban J connectivity index is 1.51. The quantitative estimate of drug-likeness (QED) is 0.352. The summed E-state index contributed by atoms with van der Waals surface area (Å²) in [6.45, 7) is 1.89. The summed E-state index contributed by atoms with van der Waals surface area (Å²) in [7, 11) is 1.64. The standard InChI is InChI=1S/C22H17N3O3S3/c1-11-19(21(27)23-2)14-4-3-13(7-17(14)30-11)28-16-5-6-24-15-8-18(31-20(15)16)22-25-12(9-26)10-29-22/h3-8,10,26H,9H2,1-2H3,(H,23,27). The number of aromatic nitrogens is 2. The Morgan fingerprint density at radius 1 is 1.23 bits per heavy atom. The van der Waals surface area contributed by atoms with Gasteiger partial charge in [0.25, 0.3) is 5.91 Å². The number of thiophene rings is 2. The number of carbonyl (C=O) groups is 1. The van der Waals surface area contributed by atoms with E-state index in [2.05, 4.69) is 15.3 Å². The highest BCUT2D eigenvalue weighted by molar-refractivity contribution is 7.25. The van der Waals surface area contributed by atoms with Crippen molar-refractivity contribution in [3.8, 4) is 21.4 Å². The molecule has 0 aliphatic rings. The van der Waals surface area contributed by atoms with Crippen LogP contribution in [0.4, 0.5) is 0 Å². The average Bonchev–Trinajstić information content (AvgIpc) is 3.49. The first-order valence-electron chi connectivity index (χ1n) is 9.44. The molecule has 4 heterocycles. The summed E-state index contributed by atoms with van der Waals surface area (Å²) in [5.74, 6) is 1.35. The molecule has 1 amide bonds. The van der Waals surface area contributed by atoms with Crippen molar-refractivity contribution in [3.05, 3.63) is 58.0 Å². The minimum Gasteiger partial charge on any atom is -0.456 e. The fraction of sp³-hybridized carbons (Fsp3) is 0.136. The third kappa shape index (κ3) is 3.59. The maximum atomic E-state index is 12.2. The molecule has 0 radical (unpaired) electrons. The highest BCUT2D eigenvalue weighted by Gasteiger charge is 2.17. The van der Waals surface area contributed by atoms with Crippen LogP contribution in [0.5, 0.6) is 11.5 Å². The van der Waals surface area contributed by atoms with Crippen LogP contribution in [0.2, 0.25) is 0 Å². The molecule has 2 N–H and O–H groups in total. The molecule has 4 aromatic heterocycles. The van der Waals surface area contributed by atoms with Crippen LogP contribution in [-0.2, 0) is 6.61 Å². The molecule has 5 rings (SSSR count). The van der Waals surface area contributed by atoms with Gasteiger partial charge in [-0.05, 0) is 31.2 Å². The number of aryl methyl sites for hydroxylation is 1. The van der Waals surface area contributed by atoms with Crippen molar-refractivity contribution in [1.29, 1.82) is 0 Å². The van der Waals surface area contributed by atoms with Crippen molar-refractivity contribution in [2.75, 3.05) is 7.05 Å². The molecular weight excluding hydrogens is 450 g/mol. The zero-order valence-corrected chi connectivity index (χ0v) is 19.1. The molecule has 0 aliphatic carbocycles. The molecule has 0 unspecified atom stereocenters. The lowest BCUT2D eigenvalue weighted by atomic mass is 10.1. The van der Waals surface area contributed by atoms with Gasteiger partial charge in [0.2, 0.25) is 0 Å². The molecule has 0 saturated carbocycles. The number of amides is 1. The predicted octanol–water partition coefficient (Wildman–Crippen LogP) is 5.59. The van der Waals surface area contributed by atoms with Crippen LogP contribution < -0.4 is 10.1 Å². The van der Waals surface area contributed by atoms with Crippen molar-refractivity contribution < 1.29 is 14.6 Å². The molecule has 31 heavy (non-hydrogen) atoms. The molecule has 6 nitrogen and oxygen atoms in total. The molecule has 0 atom stereocenters. The summed E-state index contributed by atoms with van der Waals surface area (Å²) in [5.41, 5.74) is 2.22. The van der Waals surface area contributed by atoms with Gasteiger partial charge in [0.15, 0.2) is 0 Å². The van der Waals surface area contributed by atoms with E-state index in [1.807, 2.05) is 42.6 Å².